The molecule has 0 aromatic carbocycles. The molecular weight excluding hydrogens is 674 g/mol. The molecule has 1 spiro atoms. The van der Waals surface area contributed by atoms with Crippen LogP contribution in [-0.2, 0) is 33.3 Å². The largest absolute Gasteiger partial charge is 0.481 e. The first-order valence-electron chi connectivity index (χ1n) is 19.9. The summed E-state index contributed by atoms with van der Waals surface area (Å²) in [6.45, 7) is 7.68. The summed E-state index contributed by atoms with van der Waals surface area (Å²) in [6.07, 6.45) is 4.96. The molecule has 7 N–H and O–H groups in total. The van der Waals surface area contributed by atoms with Crippen molar-refractivity contribution in [3.05, 3.63) is 12.2 Å². The first kappa shape index (κ1) is 41.5. The Balaban J connectivity index is 1.35. The molecule has 5 rings (SSSR count). The van der Waals surface area contributed by atoms with Gasteiger partial charge in [0, 0.05) is 38.1 Å². The molecule has 0 aromatic heterocycles. The van der Waals surface area contributed by atoms with Crippen LogP contribution < -0.4 is 5.73 Å². The number of aliphatic hydroxyl groups is 4. The van der Waals surface area contributed by atoms with Gasteiger partial charge in [0.05, 0.1) is 48.1 Å². The summed E-state index contributed by atoms with van der Waals surface area (Å²) in [5.74, 6) is -5.08. The second-order valence-corrected chi connectivity index (χ2v) is 16.8. The SMILES string of the molecule is CC1C/C=C/CCCCCC(C)C(OC2OC(C)C(C)C(N)C2O)CC2OC(O)(CC(O)CC3OC3CC3(CCCC3)C(=O)O1)CC(O)C2C(=O)O. The Morgan fingerprint density at radius 1 is 0.904 bits per heavy atom. The lowest BCUT2D eigenvalue weighted by molar-refractivity contribution is -0.311. The average molecular weight is 740 g/mol. The Kier molecular flexibility index (Phi) is 14.2. The summed E-state index contributed by atoms with van der Waals surface area (Å²) < 4.78 is 30.6. The number of carboxylic acids is 1. The molecule has 2 bridgehead atoms. The monoisotopic (exact) mass is 739 g/mol. The first-order chi connectivity index (χ1) is 24.6. The number of allylic oxidation sites excluding steroid dienone is 1. The number of hydrogen-bond acceptors (Lipinski definition) is 12. The van der Waals surface area contributed by atoms with E-state index < -0.39 is 72.4 Å². The van der Waals surface area contributed by atoms with E-state index in [1.165, 1.54) is 0 Å². The molecule has 15 atom stereocenters. The van der Waals surface area contributed by atoms with Gasteiger partial charge in [0.2, 0.25) is 0 Å². The summed E-state index contributed by atoms with van der Waals surface area (Å²) in [4.78, 5) is 26.0. The minimum Gasteiger partial charge on any atom is -0.481 e. The second kappa shape index (κ2) is 17.8. The van der Waals surface area contributed by atoms with Gasteiger partial charge in [-0.15, -0.1) is 0 Å². The fraction of sp³-hybridized carbons (Fsp3) is 0.897. The quantitative estimate of drug-likeness (QED) is 0.139. The minimum atomic E-state index is -2.02. The molecule has 1 aliphatic carbocycles. The lowest BCUT2D eigenvalue weighted by Crippen LogP contribution is -2.59. The van der Waals surface area contributed by atoms with Crippen LogP contribution in [0.25, 0.3) is 0 Å². The highest BCUT2D eigenvalue weighted by Crippen LogP contribution is 2.48. The van der Waals surface area contributed by atoms with Crippen molar-refractivity contribution < 1.29 is 58.8 Å². The fourth-order valence-electron chi connectivity index (χ4n) is 8.98. The van der Waals surface area contributed by atoms with Crippen LogP contribution in [-0.4, -0.2) is 111 Å². The number of aliphatic carboxylic acids is 1. The van der Waals surface area contributed by atoms with E-state index in [0.29, 0.717) is 12.8 Å². The molecule has 52 heavy (non-hydrogen) atoms. The third-order valence-electron chi connectivity index (χ3n) is 12.6. The molecule has 13 nitrogen and oxygen atoms in total. The topological polar surface area (TPSA) is 211 Å². The third-order valence-corrected chi connectivity index (χ3v) is 12.6. The number of esters is 1. The van der Waals surface area contributed by atoms with Crippen LogP contribution in [0.4, 0.5) is 0 Å². The molecule has 15 unspecified atom stereocenters. The number of hydrogen-bond donors (Lipinski definition) is 6. The van der Waals surface area contributed by atoms with Crippen molar-refractivity contribution in [3.8, 4) is 0 Å². The van der Waals surface area contributed by atoms with Crippen LogP contribution >= 0.6 is 0 Å². The van der Waals surface area contributed by atoms with Crippen molar-refractivity contribution in [1.82, 2.24) is 0 Å². The van der Waals surface area contributed by atoms with Crippen molar-refractivity contribution in [1.29, 1.82) is 0 Å². The van der Waals surface area contributed by atoms with Gasteiger partial charge in [0.1, 0.15) is 18.1 Å². The lowest BCUT2D eigenvalue weighted by Gasteiger charge is -2.46. The van der Waals surface area contributed by atoms with Crippen LogP contribution in [0.3, 0.4) is 0 Å². The van der Waals surface area contributed by atoms with E-state index in [2.05, 4.69) is 12.2 Å². The number of carbonyl (C=O) groups is 2. The smallest absolute Gasteiger partial charge is 0.312 e. The van der Waals surface area contributed by atoms with E-state index >= 15 is 0 Å². The van der Waals surface area contributed by atoms with Gasteiger partial charge in [-0.2, -0.15) is 0 Å². The normalized spacial score (nSPS) is 46.4. The number of cyclic esters (lactones) is 1. The Labute approximate surface area is 308 Å². The van der Waals surface area contributed by atoms with Crippen LogP contribution in [0.1, 0.15) is 124 Å². The molecule has 0 aromatic rings. The van der Waals surface area contributed by atoms with Gasteiger partial charge in [0.25, 0.3) is 0 Å². The first-order valence-corrected chi connectivity index (χ1v) is 19.9. The van der Waals surface area contributed by atoms with Crippen molar-refractivity contribution in [2.45, 2.75) is 197 Å². The average Bonchev–Trinajstić information content (AvgIpc) is 3.58. The Bertz CT molecular complexity index is 1210. The number of nitrogens with two attached hydrogens (primary N) is 1. The Hall–Kier alpha value is -1.68. The maximum Gasteiger partial charge on any atom is 0.312 e. The molecule has 298 valence electrons. The second-order valence-electron chi connectivity index (χ2n) is 16.8. The Morgan fingerprint density at radius 3 is 2.35 bits per heavy atom. The van der Waals surface area contributed by atoms with Gasteiger partial charge in [-0.3, -0.25) is 9.59 Å². The molecule has 4 fully saturated rings. The summed E-state index contributed by atoms with van der Waals surface area (Å²) in [5.41, 5.74) is 5.72. The molecule has 1 saturated carbocycles. The van der Waals surface area contributed by atoms with Gasteiger partial charge < -0.3 is 55.0 Å². The number of rotatable bonds is 3. The predicted octanol–water partition coefficient (Wildman–Crippen LogP) is 3.71. The molecule has 0 amide bonds. The predicted molar refractivity (Wildman–Crippen MR) is 190 cm³/mol. The molecular formula is C39H65NO12. The third kappa shape index (κ3) is 10.3. The maximum absolute atomic E-state index is 13.5. The van der Waals surface area contributed by atoms with Gasteiger partial charge in [-0.05, 0) is 64.2 Å². The van der Waals surface area contributed by atoms with E-state index in [-0.39, 0.29) is 61.5 Å². The summed E-state index contributed by atoms with van der Waals surface area (Å²) in [6, 6.07) is -0.591. The number of ether oxygens (including phenoxy) is 5. The highest BCUT2D eigenvalue weighted by Gasteiger charge is 2.54. The number of carbonyl (C=O) groups excluding carboxylic acids is 1. The molecule has 5 aliphatic rings. The maximum atomic E-state index is 13.5. The number of fused-ring (bicyclic) bond motifs is 3. The van der Waals surface area contributed by atoms with E-state index in [1.807, 2.05) is 27.7 Å². The Morgan fingerprint density at radius 2 is 1.63 bits per heavy atom. The molecule has 0 radical (unpaired) electrons. The van der Waals surface area contributed by atoms with Crippen molar-refractivity contribution in [2.24, 2.45) is 28.9 Å². The standard InChI is InChI=1S/C39H65NO12/c1-22-13-9-7-5-6-8-10-14-23(2)48-37(46)38(15-11-12-16-38)21-31-29(50-31)17-26(41)19-39(47)20-27(42)32(35(44)45)30(52-39)18-28(22)51-36-34(43)33(40)24(3)25(4)49-36/h8,10,22-34,36,41-43,47H,5-7,9,11-21,40H2,1-4H3,(H,44,45)/b10-8+. The number of aliphatic hydroxyl groups excluding tert-OH is 3. The van der Waals surface area contributed by atoms with Gasteiger partial charge in [-0.25, -0.2) is 0 Å². The van der Waals surface area contributed by atoms with Crippen LogP contribution in [0.15, 0.2) is 12.2 Å². The zero-order valence-corrected chi connectivity index (χ0v) is 31.5. The molecule has 13 heteroatoms. The van der Waals surface area contributed by atoms with E-state index in [9.17, 15) is 35.1 Å². The highest BCUT2D eigenvalue weighted by atomic mass is 16.7. The molecule has 4 aliphatic heterocycles. The molecule has 3 saturated heterocycles. The van der Waals surface area contributed by atoms with Crippen LogP contribution in [0, 0.1) is 23.2 Å². The van der Waals surface area contributed by atoms with Gasteiger partial charge in [0.15, 0.2) is 12.1 Å². The van der Waals surface area contributed by atoms with Gasteiger partial charge >= 0.3 is 11.9 Å². The van der Waals surface area contributed by atoms with Crippen molar-refractivity contribution >= 4 is 11.9 Å². The van der Waals surface area contributed by atoms with Gasteiger partial charge in [-0.1, -0.05) is 51.7 Å². The minimum absolute atomic E-state index is 0.00767. The van der Waals surface area contributed by atoms with Crippen LogP contribution in [0.5, 0.6) is 0 Å². The number of carboxylic acid groups (broad SMARTS) is 1. The van der Waals surface area contributed by atoms with E-state index in [0.717, 1.165) is 57.8 Å². The summed E-state index contributed by atoms with van der Waals surface area (Å²) in [5, 5.41) is 55.2. The van der Waals surface area contributed by atoms with Crippen molar-refractivity contribution in [3.63, 3.8) is 0 Å². The number of epoxide rings is 1. The van der Waals surface area contributed by atoms with Crippen LogP contribution in [0.2, 0.25) is 0 Å². The lowest BCUT2D eigenvalue weighted by atomic mass is 9.80. The summed E-state index contributed by atoms with van der Waals surface area (Å²) in [7, 11) is 0. The zero-order chi connectivity index (χ0) is 37.8. The summed E-state index contributed by atoms with van der Waals surface area (Å²) >= 11 is 0. The van der Waals surface area contributed by atoms with E-state index in [1.54, 1.807) is 0 Å². The zero-order valence-electron chi connectivity index (χ0n) is 31.5. The van der Waals surface area contributed by atoms with Crippen molar-refractivity contribution in [2.75, 3.05) is 0 Å². The molecule has 4 heterocycles. The fourth-order valence-corrected chi connectivity index (χ4v) is 8.98. The van der Waals surface area contributed by atoms with E-state index in [4.69, 9.17) is 29.4 Å². The highest BCUT2D eigenvalue weighted by molar-refractivity contribution is 5.77.